The molecule has 1 aliphatic rings. The number of rotatable bonds is 2. The summed E-state index contributed by atoms with van der Waals surface area (Å²) in [5, 5.41) is 3.08. The van der Waals surface area contributed by atoms with Crippen LogP contribution in [0.25, 0.3) is 0 Å². The van der Waals surface area contributed by atoms with Gasteiger partial charge in [0.15, 0.2) is 0 Å². The van der Waals surface area contributed by atoms with Crippen LogP contribution in [0.4, 0.5) is 0 Å². The van der Waals surface area contributed by atoms with Crippen molar-refractivity contribution in [2.75, 3.05) is 13.1 Å². The summed E-state index contributed by atoms with van der Waals surface area (Å²) in [5.41, 5.74) is 6.71. The Kier molecular flexibility index (Phi) is 6.84. The van der Waals surface area contributed by atoms with E-state index in [2.05, 4.69) is 17.5 Å². The van der Waals surface area contributed by atoms with Crippen LogP contribution in [0.2, 0.25) is 0 Å². The van der Waals surface area contributed by atoms with Crippen LogP contribution in [0.15, 0.2) is 23.9 Å². The molecule has 0 unspecified atom stereocenters. The Hall–Kier alpha value is -0.760. The van der Waals surface area contributed by atoms with E-state index in [1.54, 1.807) is 0 Å². The van der Waals surface area contributed by atoms with Gasteiger partial charge in [-0.15, -0.1) is 0 Å². The molecule has 0 saturated heterocycles. The first-order valence-corrected chi connectivity index (χ1v) is 4.22. The van der Waals surface area contributed by atoms with Gasteiger partial charge in [0, 0.05) is 6.54 Å². The monoisotopic (exact) mass is 154 g/mol. The molecule has 0 radical (unpaired) electrons. The predicted molar refractivity (Wildman–Crippen MR) is 50.2 cm³/mol. The zero-order valence-electron chi connectivity index (χ0n) is 7.43. The minimum atomic E-state index is 0.746. The van der Waals surface area contributed by atoms with Crippen LogP contribution < -0.4 is 11.1 Å². The van der Waals surface area contributed by atoms with E-state index in [-0.39, 0.29) is 0 Å². The highest BCUT2D eigenvalue weighted by molar-refractivity contribution is 5.21. The highest BCUT2D eigenvalue weighted by atomic mass is 14.8. The second-order valence-corrected chi connectivity index (χ2v) is 2.06. The van der Waals surface area contributed by atoms with Crippen LogP contribution in [-0.2, 0) is 0 Å². The summed E-state index contributed by atoms with van der Waals surface area (Å²) in [5.74, 6) is 0. The Bertz CT molecular complexity index is 136. The van der Waals surface area contributed by atoms with E-state index in [0.717, 1.165) is 19.5 Å². The average molecular weight is 154 g/mol. The fourth-order valence-corrected chi connectivity index (χ4v) is 0.844. The summed E-state index contributed by atoms with van der Waals surface area (Å²) in [6.45, 7) is 5.70. The molecule has 3 N–H and O–H groups in total. The van der Waals surface area contributed by atoms with Gasteiger partial charge in [0.1, 0.15) is 0 Å². The van der Waals surface area contributed by atoms with Crippen molar-refractivity contribution in [3.05, 3.63) is 23.9 Å². The quantitative estimate of drug-likeness (QED) is 0.631. The summed E-state index contributed by atoms with van der Waals surface area (Å²) in [6.07, 6.45) is 7.19. The maximum atomic E-state index is 5.36. The van der Waals surface area contributed by atoms with Gasteiger partial charge >= 0.3 is 0 Å². The second kappa shape index (κ2) is 7.35. The molecule has 2 heteroatoms. The molecule has 11 heavy (non-hydrogen) atoms. The number of allylic oxidation sites excluding steroid dienone is 1. The van der Waals surface area contributed by atoms with Gasteiger partial charge in [-0.2, -0.15) is 0 Å². The molecule has 0 bridgehead atoms. The first kappa shape index (κ1) is 10.2. The molecule has 64 valence electrons. The zero-order chi connectivity index (χ0) is 8.53. The van der Waals surface area contributed by atoms with Crippen molar-refractivity contribution in [2.24, 2.45) is 5.73 Å². The Labute approximate surface area is 69.2 Å². The van der Waals surface area contributed by atoms with E-state index in [1.807, 2.05) is 20.0 Å². The van der Waals surface area contributed by atoms with E-state index in [0.29, 0.717) is 0 Å². The standard InChI is InChI=1S/C7H12N2.C2H6/c8-4-1-7-2-5-9-6-3-7;1-2/h2-3,5,9H,1,4,6,8H2;1-2H3. The van der Waals surface area contributed by atoms with Crippen LogP contribution in [0.3, 0.4) is 0 Å². The molecule has 0 spiro atoms. The maximum absolute atomic E-state index is 5.36. The van der Waals surface area contributed by atoms with Gasteiger partial charge in [-0.1, -0.05) is 19.9 Å². The summed E-state index contributed by atoms with van der Waals surface area (Å²) < 4.78 is 0. The van der Waals surface area contributed by atoms with Gasteiger partial charge in [-0.3, -0.25) is 0 Å². The molecule has 1 aliphatic heterocycles. The second-order valence-electron chi connectivity index (χ2n) is 2.06. The molecule has 0 saturated carbocycles. The Morgan fingerprint density at radius 1 is 1.55 bits per heavy atom. The molecule has 0 aromatic rings. The van der Waals surface area contributed by atoms with Gasteiger partial charge in [0.25, 0.3) is 0 Å². The van der Waals surface area contributed by atoms with Crippen LogP contribution in [0.5, 0.6) is 0 Å². The Balaban J connectivity index is 0.000000461. The largest absolute Gasteiger partial charge is 0.387 e. The number of hydrogen-bond donors (Lipinski definition) is 2. The topological polar surface area (TPSA) is 38.0 Å². The smallest absolute Gasteiger partial charge is 0.0331 e. The van der Waals surface area contributed by atoms with E-state index < -0.39 is 0 Å². The van der Waals surface area contributed by atoms with Crippen LogP contribution >= 0.6 is 0 Å². The predicted octanol–water partition coefficient (Wildman–Crippen LogP) is 1.40. The number of hydrogen-bond acceptors (Lipinski definition) is 2. The van der Waals surface area contributed by atoms with Crippen LogP contribution in [0.1, 0.15) is 20.3 Å². The van der Waals surface area contributed by atoms with Gasteiger partial charge in [-0.25, -0.2) is 0 Å². The van der Waals surface area contributed by atoms with E-state index in [1.165, 1.54) is 5.57 Å². The molecular weight excluding hydrogens is 136 g/mol. The van der Waals surface area contributed by atoms with Gasteiger partial charge in [0.2, 0.25) is 0 Å². The lowest BCUT2D eigenvalue weighted by molar-refractivity contribution is 0.906. The number of dihydropyridines is 1. The molecular formula is C9H18N2. The minimum absolute atomic E-state index is 0.746. The first-order chi connectivity index (χ1) is 5.43. The highest BCUT2D eigenvalue weighted by Gasteiger charge is 1.92. The van der Waals surface area contributed by atoms with Gasteiger partial charge in [-0.05, 0) is 30.8 Å². The SMILES string of the molecule is CC.NCCC1=CCNC=C1. The Morgan fingerprint density at radius 2 is 2.27 bits per heavy atom. The van der Waals surface area contributed by atoms with Crippen LogP contribution in [0, 0.1) is 0 Å². The highest BCUT2D eigenvalue weighted by Crippen LogP contribution is 2.02. The molecule has 0 aliphatic carbocycles. The summed E-state index contributed by atoms with van der Waals surface area (Å²) in [6, 6.07) is 0. The summed E-state index contributed by atoms with van der Waals surface area (Å²) in [7, 11) is 0. The lowest BCUT2D eigenvalue weighted by Crippen LogP contribution is -2.10. The number of nitrogens with one attached hydrogen (secondary N) is 1. The normalized spacial score (nSPS) is 14.3. The Morgan fingerprint density at radius 3 is 2.73 bits per heavy atom. The van der Waals surface area contributed by atoms with Crippen molar-refractivity contribution in [3.63, 3.8) is 0 Å². The average Bonchev–Trinajstić information content (AvgIpc) is 2.11. The number of nitrogens with two attached hydrogens (primary N) is 1. The molecule has 2 nitrogen and oxygen atoms in total. The third-order valence-corrected chi connectivity index (χ3v) is 1.33. The molecule has 1 heterocycles. The van der Waals surface area contributed by atoms with E-state index in [9.17, 15) is 0 Å². The minimum Gasteiger partial charge on any atom is -0.387 e. The lowest BCUT2D eigenvalue weighted by atomic mass is 10.1. The summed E-state index contributed by atoms with van der Waals surface area (Å²) >= 11 is 0. The molecule has 0 fully saturated rings. The van der Waals surface area contributed by atoms with Crippen molar-refractivity contribution < 1.29 is 0 Å². The van der Waals surface area contributed by atoms with Crippen molar-refractivity contribution in [1.82, 2.24) is 5.32 Å². The van der Waals surface area contributed by atoms with Crippen molar-refractivity contribution in [2.45, 2.75) is 20.3 Å². The van der Waals surface area contributed by atoms with Gasteiger partial charge < -0.3 is 11.1 Å². The zero-order valence-corrected chi connectivity index (χ0v) is 7.43. The molecule has 0 aromatic carbocycles. The van der Waals surface area contributed by atoms with Crippen molar-refractivity contribution in [3.8, 4) is 0 Å². The molecule has 1 rings (SSSR count). The molecule has 0 atom stereocenters. The van der Waals surface area contributed by atoms with Crippen molar-refractivity contribution in [1.29, 1.82) is 0 Å². The fraction of sp³-hybridized carbons (Fsp3) is 0.556. The van der Waals surface area contributed by atoms with Crippen LogP contribution in [-0.4, -0.2) is 13.1 Å². The van der Waals surface area contributed by atoms with E-state index >= 15 is 0 Å². The summed E-state index contributed by atoms with van der Waals surface area (Å²) in [4.78, 5) is 0. The molecule has 0 aromatic heterocycles. The van der Waals surface area contributed by atoms with Gasteiger partial charge in [0.05, 0.1) is 0 Å². The lowest BCUT2D eigenvalue weighted by Gasteiger charge is -2.05. The molecule has 0 amide bonds. The first-order valence-electron chi connectivity index (χ1n) is 4.22. The third kappa shape index (κ3) is 4.62. The van der Waals surface area contributed by atoms with Crippen molar-refractivity contribution >= 4 is 0 Å². The fourth-order valence-electron chi connectivity index (χ4n) is 0.844. The maximum Gasteiger partial charge on any atom is 0.0331 e. The van der Waals surface area contributed by atoms with E-state index in [4.69, 9.17) is 5.73 Å². The third-order valence-electron chi connectivity index (χ3n) is 1.33.